The molecule has 8 nitrogen and oxygen atoms in total. The molecule has 0 saturated carbocycles. The van der Waals surface area contributed by atoms with Crippen molar-refractivity contribution in [3.63, 3.8) is 0 Å². The normalized spacial score (nSPS) is 23.0. The van der Waals surface area contributed by atoms with Gasteiger partial charge in [-0.25, -0.2) is 8.42 Å². The Balaban J connectivity index is 1.74. The number of nitro benzene ring substituents is 1. The Morgan fingerprint density at radius 3 is 2.36 bits per heavy atom. The lowest BCUT2D eigenvalue weighted by atomic mass is 10.0. The summed E-state index contributed by atoms with van der Waals surface area (Å²) in [5, 5.41) is 20.7. The number of thioether (sulfide) groups is 1. The van der Waals surface area contributed by atoms with Crippen molar-refractivity contribution in [3.8, 4) is 0 Å². The zero-order chi connectivity index (χ0) is 18.2. The molecule has 0 aromatic heterocycles. The molecule has 0 radical (unpaired) electrons. The van der Waals surface area contributed by atoms with Crippen LogP contribution in [0.2, 0.25) is 0 Å². The first kappa shape index (κ1) is 18.6. The molecule has 25 heavy (non-hydrogen) atoms. The van der Waals surface area contributed by atoms with Crippen LogP contribution in [0.3, 0.4) is 0 Å². The SMILES string of the molecule is CC(O)N1CCSC12CCN(S(=O)(=O)c1ccc([N+](=O)[O-])cc1)CC2. The summed E-state index contributed by atoms with van der Waals surface area (Å²) in [4.78, 5) is 12.1. The van der Waals surface area contributed by atoms with Crippen molar-refractivity contribution in [2.45, 2.75) is 35.8 Å². The van der Waals surface area contributed by atoms with E-state index in [1.54, 1.807) is 18.7 Å². The number of hydrogen-bond donors (Lipinski definition) is 1. The maximum atomic E-state index is 12.8. The third-order valence-electron chi connectivity index (χ3n) is 4.87. The van der Waals surface area contributed by atoms with Gasteiger partial charge in [0.15, 0.2) is 0 Å². The van der Waals surface area contributed by atoms with Crippen molar-refractivity contribution >= 4 is 27.5 Å². The number of benzene rings is 1. The quantitative estimate of drug-likeness (QED) is 0.616. The van der Waals surface area contributed by atoms with E-state index >= 15 is 0 Å². The summed E-state index contributed by atoms with van der Waals surface area (Å²) in [5.41, 5.74) is -0.133. The maximum absolute atomic E-state index is 12.8. The molecule has 1 spiro atoms. The lowest BCUT2D eigenvalue weighted by Crippen LogP contribution is -2.54. The monoisotopic (exact) mass is 387 g/mol. The van der Waals surface area contributed by atoms with Gasteiger partial charge in [-0.1, -0.05) is 0 Å². The zero-order valence-electron chi connectivity index (χ0n) is 13.9. The van der Waals surface area contributed by atoms with Crippen LogP contribution in [-0.4, -0.2) is 64.1 Å². The van der Waals surface area contributed by atoms with Gasteiger partial charge < -0.3 is 5.11 Å². The van der Waals surface area contributed by atoms with Crippen LogP contribution in [-0.2, 0) is 10.0 Å². The zero-order valence-corrected chi connectivity index (χ0v) is 15.5. The standard InChI is InChI=1S/C15H21N3O5S2/c1-12(19)17-10-11-24-15(17)6-8-16(9-7-15)25(22,23)14-4-2-13(3-5-14)18(20)21/h2-5,12,19H,6-11H2,1H3. The number of aliphatic hydroxyl groups is 1. The molecule has 2 aliphatic heterocycles. The molecule has 2 fully saturated rings. The fraction of sp³-hybridized carbons (Fsp3) is 0.600. The highest BCUT2D eigenvalue weighted by Crippen LogP contribution is 2.45. The second kappa shape index (κ2) is 6.84. The summed E-state index contributed by atoms with van der Waals surface area (Å²) in [7, 11) is -3.67. The number of sulfonamides is 1. The Morgan fingerprint density at radius 1 is 1.24 bits per heavy atom. The van der Waals surface area contributed by atoms with Gasteiger partial charge in [0.25, 0.3) is 5.69 Å². The summed E-state index contributed by atoms with van der Waals surface area (Å²) in [6, 6.07) is 4.98. The predicted molar refractivity (Wildman–Crippen MR) is 94.7 cm³/mol. The van der Waals surface area contributed by atoms with Gasteiger partial charge in [0, 0.05) is 37.5 Å². The van der Waals surface area contributed by atoms with Gasteiger partial charge in [-0.05, 0) is 31.9 Å². The fourth-order valence-electron chi connectivity index (χ4n) is 3.54. The molecular weight excluding hydrogens is 366 g/mol. The van der Waals surface area contributed by atoms with Crippen LogP contribution in [0.5, 0.6) is 0 Å². The van der Waals surface area contributed by atoms with Gasteiger partial charge in [0.05, 0.1) is 14.7 Å². The predicted octanol–water partition coefficient (Wildman–Crippen LogP) is 1.46. The summed E-state index contributed by atoms with van der Waals surface area (Å²) >= 11 is 1.79. The first-order valence-electron chi connectivity index (χ1n) is 8.10. The third-order valence-corrected chi connectivity index (χ3v) is 8.35. The van der Waals surface area contributed by atoms with Gasteiger partial charge >= 0.3 is 0 Å². The molecule has 3 rings (SSSR count). The molecule has 1 atom stereocenters. The second-order valence-electron chi connectivity index (χ2n) is 6.28. The van der Waals surface area contributed by atoms with E-state index in [0.29, 0.717) is 25.9 Å². The summed E-state index contributed by atoms with van der Waals surface area (Å²) in [5.74, 6) is 0.931. The summed E-state index contributed by atoms with van der Waals surface area (Å²) in [6.45, 7) is 3.29. The van der Waals surface area contributed by atoms with Crippen molar-refractivity contribution < 1.29 is 18.4 Å². The first-order valence-corrected chi connectivity index (χ1v) is 10.5. The van der Waals surface area contributed by atoms with Crippen molar-refractivity contribution in [3.05, 3.63) is 34.4 Å². The Hall–Kier alpha value is -1.20. The molecule has 0 bridgehead atoms. The average Bonchev–Trinajstić information content (AvgIpc) is 2.98. The van der Waals surface area contributed by atoms with Crippen LogP contribution in [0, 0.1) is 10.1 Å². The average molecular weight is 387 g/mol. The van der Waals surface area contributed by atoms with E-state index in [1.807, 2.05) is 4.90 Å². The minimum atomic E-state index is -3.67. The lowest BCUT2D eigenvalue weighted by molar-refractivity contribution is -0.384. The highest BCUT2D eigenvalue weighted by molar-refractivity contribution is 8.00. The van der Waals surface area contributed by atoms with Crippen LogP contribution >= 0.6 is 11.8 Å². The Bertz CT molecular complexity index is 743. The number of rotatable bonds is 4. The van der Waals surface area contributed by atoms with Gasteiger partial charge in [0.2, 0.25) is 10.0 Å². The molecule has 1 aromatic carbocycles. The number of piperidine rings is 1. The number of non-ortho nitro benzene ring substituents is 1. The molecule has 0 amide bonds. The molecule has 2 heterocycles. The van der Waals surface area contributed by atoms with Crippen LogP contribution in [0.1, 0.15) is 19.8 Å². The lowest BCUT2D eigenvalue weighted by Gasteiger charge is -2.44. The molecule has 1 N–H and O–H groups in total. The van der Waals surface area contributed by atoms with E-state index < -0.39 is 21.2 Å². The number of nitro groups is 1. The Kier molecular flexibility index (Phi) is 5.09. The summed E-state index contributed by atoms with van der Waals surface area (Å²) < 4.78 is 27.0. The van der Waals surface area contributed by atoms with Crippen LogP contribution < -0.4 is 0 Å². The molecule has 1 aromatic rings. The number of aliphatic hydroxyl groups excluding tert-OH is 1. The fourth-order valence-corrected chi connectivity index (χ4v) is 6.53. The van der Waals surface area contributed by atoms with Crippen molar-refractivity contribution in [1.82, 2.24) is 9.21 Å². The van der Waals surface area contributed by atoms with E-state index in [9.17, 15) is 23.6 Å². The van der Waals surface area contributed by atoms with E-state index in [4.69, 9.17) is 0 Å². The molecule has 10 heteroatoms. The van der Waals surface area contributed by atoms with Crippen LogP contribution in [0.4, 0.5) is 5.69 Å². The van der Waals surface area contributed by atoms with Gasteiger partial charge in [-0.15, -0.1) is 11.8 Å². The van der Waals surface area contributed by atoms with Crippen molar-refractivity contribution in [1.29, 1.82) is 0 Å². The second-order valence-corrected chi connectivity index (χ2v) is 9.67. The smallest absolute Gasteiger partial charge is 0.269 e. The molecule has 1 unspecified atom stereocenters. The Morgan fingerprint density at radius 2 is 1.84 bits per heavy atom. The molecule has 2 aliphatic rings. The van der Waals surface area contributed by atoms with E-state index in [0.717, 1.165) is 12.3 Å². The molecule has 0 aliphatic carbocycles. The van der Waals surface area contributed by atoms with Gasteiger partial charge in [-0.3, -0.25) is 15.0 Å². The number of nitrogens with zero attached hydrogens (tertiary/aromatic N) is 3. The van der Waals surface area contributed by atoms with Gasteiger partial charge in [0.1, 0.15) is 6.23 Å². The van der Waals surface area contributed by atoms with Gasteiger partial charge in [-0.2, -0.15) is 4.31 Å². The first-order chi connectivity index (χ1) is 11.8. The summed E-state index contributed by atoms with van der Waals surface area (Å²) in [6.07, 6.45) is 0.747. The molecular formula is C15H21N3O5S2. The highest BCUT2D eigenvalue weighted by Gasteiger charge is 2.47. The maximum Gasteiger partial charge on any atom is 0.269 e. The molecule has 138 valence electrons. The minimum absolute atomic E-state index is 0.0699. The van der Waals surface area contributed by atoms with Crippen LogP contribution in [0.15, 0.2) is 29.2 Å². The minimum Gasteiger partial charge on any atom is -0.379 e. The topological polar surface area (TPSA) is 104 Å². The van der Waals surface area contributed by atoms with Crippen LogP contribution in [0.25, 0.3) is 0 Å². The number of hydrogen-bond acceptors (Lipinski definition) is 7. The third kappa shape index (κ3) is 3.41. The van der Waals surface area contributed by atoms with E-state index in [-0.39, 0.29) is 15.5 Å². The Labute approximate surface area is 151 Å². The highest BCUT2D eigenvalue weighted by atomic mass is 32.2. The van der Waals surface area contributed by atoms with E-state index in [2.05, 4.69) is 0 Å². The van der Waals surface area contributed by atoms with Crippen molar-refractivity contribution in [2.75, 3.05) is 25.4 Å². The van der Waals surface area contributed by atoms with Crippen molar-refractivity contribution in [2.24, 2.45) is 0 Å². The molecule has 2 saturated heterocycles. The van der Waals surface area contributed by atoms with E-state index in [1.165, 1.54) is 28.6 Å². The largest absolute Gasteiger partial charge is 0.379 e.